The summed E-state index contributed by atoms with van der Waals surface area (Å²) >= 11 is 0. The number of hydrogen-bond donors (Lipinski definition) is 0. The van der Waals surface area contributed by atoms with E-state index in [1.807, 2.05) is 0 Å². The number of fused-ring (bicyclic) bond motifs is 1. The normalized spacial score (nSPS) is 15.2. The lowest BCUT2D eigenvalue weighted by Crippen LogP contribution is -2.05. The summed E-state index contributed by atoms with van der Waals surface area (Å²) in [6.45, 7) is 0.0518. The molecule has 0 radical (unpaired) electrons. The van der Waals surface area contributed by atoms with Crippen molar-refractivity contribution < 1.29 is 26.8 Å². The van der Waals surface area contributed by atoms with Gasteiger partial charge in [-0.05, 0) is 18.4 Å². The topological polar surface area (TPSA) is 106 Å². The molecule has 0 amide bonds. The molecule has 6 rings (SSSR count). The Morgan fingerprint density at radius 1 is 1.03 bits per heavy atom. The van der Waals surface area contributed by atoms with Gasteiger partial charge in [0.15, 0.2) is 17.0 Å². The average Bonchev–Trinajstić information content (AvgIpc) is 3.57. The molecule has 0 aliphatic heterocycles. The van der Waals surface area contributed by atoms with Crippen LogP contribution < -0.4 is 9.47 Å². The van der Waals surface area contributed by atoms with E-state index in [1.54, 1.807) is 42.2 Å². The van der Waals surface area contributed by atoms with Gasteiger partial charge in [0.1, 0.15) is 29.8 Å². The Morgan fingerprint density at radius 3 is 2.51 bits per heavy atom. The molecular formula is C26H23F3N8O2. The minimum absolute atomic E-state index is 0.0518. The van der Waals surface area contributed by atoms with Crippen LogP contribution in [0, 0.1) is 0 Å². The number of imidazole rings is 1. The zero-order chi connectivity index (χ0) is 29.8. The maximum absolute atomic E-state index is 13.1. The van der Waals surface area contributed by atoms with E-state index in [1.165, 1.54) is 17.9 Å². The molecule has 1 aromatic carbocycles. The molecule has 4 heterocycles. The highest BCUT2D eigenvalue weighted by Gasteiger charge is 2.35. The fraction of sp³-hybridized carbons (Fsp3) is 0.308. The zero-order valence-corrected chi connectivity index (χ0v) is 20.8. The summed E-state index contributed by atoms with van der Waals surface area (Å²) in [5, 5.41) is 4.41. The van der Waals surface area contributed by atoms with E-state index in [9.17, 15) is 13.2 Å². The summed E-state index contributed by atoms with van der Waals surface area (Å²) in [7, 11) is 0.466. The molecule has 1 saturated carbocycles. The largest absolute Gasteiger partial charge is 0.480 e. The molecule has 0 bridgehead atoms. The molecule has 0 N–H and O–H groups in total. The molecule has 0 saturated heterocycles. The summed E-state index contributed by atoms with van der Waals surface area (Å²) in [6, 6.07) is 6.75. The summed E-state index contributed by atoms with van der Waals surface area (Å²) in [6.07, 6.45) is 1.09. The van der Waals surface area contributed by atoms with Crippen LogP contribution in [-0.4, -0.2) is 46.3 Å². The third kappa shape index (κ3) is 4.75. The highest BCUT2D eigenvalue weighted by atomic mass is 19.4. The Kier molecular flexibility index (Phi) is 5.12. The van der Waals surface area contributed by atoms with E-state index in [0.29, 0.717) is 27.9 Å². The Bertz CT molecular complexity index is 1780. The van der Waals surface area contributed by atoms with Gasteiger partial charge in [-0.25, -0.2) is 19.9 Å². The third-order valence-corrected chi connectivity index (χ3v) is 6.33. The SMILES string of the molecule is [2H]C([2H])([2H])Oc1ncnc(C2CC2)c1-c1nc(OCc2ccc(-c3nc(C(F)(F)F)cn3C)cc2)c2nn(C)cc2n1. The quantitative estimate of drug-likeness (QED) is 0.293. The van der Waals surface area contributed by atoms with E-state index in [2.05, 4.69) is 30.0 Å². The van der Waals surface area contributed by atoms with Crippen LogP contribution in [0.15, 0.2) is 43.0 Å². The minimum Gasteiger partial charge on any atom is -0.480 e. The average molecular weight is 540 g/mol. The molecule has 39 heavy (non-hydrogen) atoms. The Labute approximate surface area is 224 Å². The highest BCUT2D eigenvalue weighted by Crippen LogP contribution is 2.45. The number of benzene rings is 1. The van der Waals surface area contributed by atoms with Crippen LogP contribution in [0.5, 0.6) is 11.8 Å². The van der Waals surface area contributed by atoms with Crippen molar-refractivity contribution in [1.29, 1.82) is 0 Å². The number of rotatable bonds is 7. The fourth-order valence-corrected chi connectivity index (χ4v) is 4.32. The number of nitrogens with zero attached hydrogens (tertiary/aromatic N) is 8. The van der Waals surface area contributed by atoms with Crippen molar-refractivity contribution in [1.82, 2.24) is 39.3 Å². The van der Waals surface area contributed by atoms with Gasteiger partial charge >= 0.3 is 6.18 Å². The van der Waals surface area contributed by atoms with Gasteiger partial charge in [-0.1, -0.05) is 24.3 Å². The first-order valence-electron chi connectivity index (χ1n) is 13.4. The maximum atomic E-state index is 13.1. The number of halogens is 3. The highest BCUT2D eigenvalue weighted by molar-refractivity contribution is 5.82. The number of methoxy groups -OCH3 is 1. The number of aryl methyl sites for hydroxylation is 2. The van der Waals surface area contributed by atoms with Crippen molar-refractivity contribution in [2.45, 2.75) is 31.5 Å². The fourth-order valence-electron chi connectivity index (χ4n) is 4.32. The lowest BCUT2D eigenvalue weighted by atomic mass is 10.1. The van der Waals surface area contributed by atoms with Gasteiger partial charge in [0.25, 0.3) is 0 Å². The number of alkyl halides is 3. The van der Waals surface area contributed by atoms with Crippen LogP contribution >= 0.6 is 0 Å². The first-order chi connectivity index (χ1) is 19.9. The minimum atomic E-state index is -4.54. The molecule has 4 aromatic heterocycles. The first-order valence-corrected chi connectivity index (χ1v) is 11.9. The van der Waals surface area contributed by atoms with Crippen molar-refractivity contribution >= 4 is 11.0 Å². The molecule has 10 nitrogen and oxygen atoms in total. The molecule has 0 atom stereocenters. The van der Waals surface area contributed by atoms with Gasteiger partial charge in [-0.15, -0.1) is 0 Å². The second-order valence-electron chi connectivity index (χ2n) is 9.25. The van der Waals surface area contributed by atoms with Gasteiger partial charge in [0.05, 0.1) is 23.0 Å². The van der Waals surface area contributed by atoms with Crippen LogP contribution in [0.2, 0.25) is 0 Å². The molecular weight excluding hydrogens is 513 g/mol. The van der Waals surface area contributed by atoms with Crippen LogP contribution in [0.3, 0.4) is 0 Å². The standard InChI is InChI=1S/C26H23F3N8O2/c1-36-11-18(26(27,28)29)33-23(36)16-6-4-14(5-7-16)12-39-25-21-17(10-37(2)35-21)32-22(34-25)19-20(15-8-9-15)30-13-31-24(19)38-3/h4-7,10-11,13,15H,8-9,12H2,1-3H3/i3D3. The number of aromatic nitrogens is 8. The van der Waals surface area contributed by atoms with E-state index >= 15 is 0 Å². The number of hydrogen-bond acceptors (Lipinski definition) is 8. The summed E-state index contributed by atoms with van der Waals surface area (Å²) in [5.41, 5.74) is 1.96. The Hall–Kier alpha value is -4.55. The van der Waals surface area contributed by atoms with Crippen LogP contribution in [0.4, 0.5) is 13.2 Å². The summed E-state index contributed by atoms with van der Waals surface area (Å²) < 4.78 is 76.2. The van der Waals surface area contributed by atoms with Crippen LogP contribution in [-0.2, 0) is 26.9 Å². The molecule has 1 aliphatic rings. The smallest absolute Gasteiger partial charge is 0.434 e. The van der Waals surface area contributed by atoms with Crippen molar-refractivity contribution in [2.24, 2.45) is 14.1 Å². The van der Waals surface area contributed by atoms with Gasteiger partial charge < -0.3 is 14.0 Å². The second kappa shape index (κ2) is 9.33. The summed E-state index contributed by atoms with van der Waals surface area (Å²) in [5.74, 6) is 0.405. The van der Waals surface area contributed by atoms with Crippen molar-refractivity contribution in [3.05, 3.63) is 59.9 Å². The maximum Gasteiger partial charge on any atom is 0.434 e. The van der Waals surface area contributed by atoms with Crippen molar-refractivity contribution in [3.63, 3.8) is 0 Å². The molecule has 200 valence electrons. The molecule has 5 aromatic rings. The number of ether oxygens (including phenoxy) is 2. The summed E-state index contributed by atoms with van der Waals surface area (Å²) in [4.78, 5) is 21.4. The Morgan fingerprint density at radius 2 is 1.82 bits per heavy atom. The van der Waals surface area contributed by atoms with E-state index in [4.69, 9.17) is 13.6 Å². The predicted molar refractivity (Wildman–Crippen MR) is 134 cm³/mol. The molecule has 0 spiro atoms. The molecule has 13 heteroatoms. The zero-order valence-electron chi connectivity index (χ0n) is 23.8. The second-order valence-corrected chi connectivity index (χ2v) is 9.25. The van der Waals surface area contributed by atoms with Gasteiger partial charge in [0, 0.05) is 31.8 Å². The first kappa shape index (κ1) is 21.4. The predicted octanol–water partition coefficient (Wildman–Crippen LogP) is 4.70. The lowest BCUT2D eigenvalue weighted by molar-refractivity contribution is -0.140. The third-order valence-electron chi connectivity index (χ3n) is 6.33. The molecule has 0 unspecified atom stereocenters. The van der Waals surface area contributed by atoms with Gasteiger partial charge in [0.2, 0.25) is 11.8 Å². The van der Waals surface area contributed by atoms with E-state index in [-0.39, 0.29) is 41.5 Å². The van der Waals surface area contributed by atoms with Crippen LogP contribution in [0.1, 0.15) is 39.8 Å². The monoisotopic (exact) mass is 539 g/mol. The molecule has 1 aliphatic carbocycles. The van der Waals surface area contributed by atoms with Crippen molar-refractivity contribution in [2.75, 3.05) is 7.04 Å². The van der Waals surface area contributed by atoms with Crippen molar-refractivity contribution in [3.8, 4) is 34.5 Å². The van der Waals surface area contributed by atoms with E-state index < -0.39 is 18.9 Å². The van der Waals surface area contributed by atoms with Crippen LogP contribution in [0.25, 0.3) is 33.8 Å². The van der Waals surface area contributed by atoms with Gasteiger partial charge in [-0.3, -0.25) is 4.68 Å². The van der Waals surface area contributed by atoms with E-state index in [0.717, 1.165) is 19.0 Å². The lowest BCUT2D eigenvalue weighted by Gasteiger charge is -2.12. The molecule has 1 fully saturated rings. The van der Waals surface area contributed by atoms with Gasteiger partial charge in [-0.2, -0.15) is 23.3 Å². The Balaban J connectivity index is 1.32.